The Balaban J connectivity index is 2.94. The Labute approximate surface area is 123 Å². The maximum absolute atomic E-state index is 12.7. The molecule has 0 saturated carbocycles. The number of carbonyl (C=O) groups is 2. The fraction of sp³-hybridized carbons (Fsp3) is 0.875. The van der Waals surface area contributed by atoms with Crippen molar-refractivity contribution in [1.82, 2.24) is 10.2 Å². The van der Waals surface area contributed by atoms with Crippen LogP contribution in [0.25, 0.3) is 0 Å². The number of amides is 2. The van der Waals surface area contributed by atoms with Gasteiger partial charge in [-0.2, -0.15) is 0 Å². The highest BCUT2D eigenvalue weighted by molar-refractivity contribution is 5.97. The van der Waals surface area contributed by atoms with Crippen LogP contribution in [-0.4, -0.2) is 35.3 Å². The van der Waals surface area contributed by atoms with E-state index in [0.29, 0.717) is 18.9 Å². The van der Waals surface area contributed by atoms with Gasteiger partial charge < -0.3 is 10.2 Å². The molecule has 0 aromatic carbocycles. The molecule has 0 bridgehead atoms. The first-order valence-corrected chi connectivity index (χ1v) is 8.10. The molecule has 0 aliphatic carbocycles. The summed E-state index contributed by atoms with van der Waals surface area (Å²) >= 11 is 0. The van der Waals surface area contributed by atoms with Gasteiger partial charge in [0.25, 0.3) is 0 Å². The second-order valence-electron chi connectivity index (χ2n) is 5.97. The minimum Gasteiger partial charge on any atom is -0.342 e. The minimum atomic E-state index is -0.343. The first-order valence-electron chi connectivity index (χ1n) is 8.10. The highest BCUT2D eigenvalue weighted by Gasteiger charge is 2.41. The van der Waals surface area contributed by atoms with Gasteiger partial charge >= 0.3 is 0 Å². The highest BCUT2D eigenvalue weighted by Crippen LogP contribution is 2.22. The van der Waals surface area contributed by atoms with Crippen LogP contribution in [-0.2, 0) is 9.59 Å². The standard InChI is InChI=1S/C16H30N2O2/c1-6-11(5)14-16(20)18(10-12(7-2)8-3)13(9-4)15(19)17-14/h11-14H,6-10H2,1-5H3,(H,17,19). The molecule has 2 amide bonds. The molecule has 1 aliphatic heterocycles. The SMILES string of the molecule is CCC(CC)CN1C(=O)C(C(C)CC)NC(=O)C1CC. The molecule has 0 aromatic heterocycles. The van der Waals surface area contributed by atoms with E-state index in [2.05, 4.69) is 26.1 Å². The Hall–Kier alpha value is -1.06. The second-order valence-corrected chi connectivity index (χ2v) is 5.97. The van der Waals surface area contributed by atoms with Gasteiger partial charge in [0.15, 0.2) is 0 Å². The average molecular weight is 282 g/mol. The van der Waals surface area contributed by atoms with Crippen molar-refractivity contribution < 1.29 is 9.59 Å². The first kappa shape index (κ1) is 17.0. The van der Waals surface area contributed by atoms with Crippen molar-refractivity contribution in [3.63, 3.8) is 0 Å². The summed E-state index contributed by atoms with van der Waals surface area (Å²) in [4.78, 5) is 26.8. The molecular weight excluding hydrogens is 252 g/mol. The molecule has 1 saturated heterocycles. The zero-order valence-corrected chi connectivity index (χ0v) is 13.6. The maximum atomic E-state index is 12.7. The van der Waals surface area contributed by atoms with E-state index < -0.39 is 0 Å². The number of nitrogens with zero attached hydrogens (tertiary/aromatic N) is 1. The maximum Gasteiger partial charge on any atom is 0.246 e. The van der Waals surface area contributed by atoms with E-state index in [4.69, 9.17) is 0 Å². The lowest BCUT2D eigenvalue weighted by molar-refractivity contribution is -0.151. The van der Waals surface area contributed by atoms with E-state index in [1.165, 1.54) is 0 Å². The summed E-state index contributed by atoms with van der Waals surface area (Å²) in [5.74, 6) is 0.797. The van der Waals surface area contributed by atoms with Gasteiger partial charge in [-0.05, 0) is 18.3 Å². The molecule has 1 fully saturated rings. The molecule has 1 rings (SSSR count). The molecule has 0 radical (unpaired) electrons. The van der Waals surface area contributed by atoms with Gasteiger partial charge in [-0.3, -0.25) is 9.59 Å². The molecule has 1 aliphatic rings. The fourth-order valence-corrected chi connectivity index (χ4v) is 2.85. The number of carbonyl (C=O) groups excluding carboxylic acids is 2. The van der Waals surface area contributed by atoms with Crippen molar-refractivity contribution in [2.24, 2.45) is 11.8 Å². The van der Waals surface area contributed by atoms with Crippen LogP contribution in [0.15, 0.2) is 0 Å². The van der Waals surface area contributed by atoms with Crippen LogP contribution in [0.4, 0.5) is 0 Å². The van der Waals surface area contributed by atoms with Crippen LogP contribution >= 0.6 is 0 Å². The molecule has 116 valence electrons. The number of hydrogen-bond donors (Lipinski definition) is 1. The van der Waals surface area contributed by atoms with Crippen LogP contribution in [0.3, 0.4) is 0 Å². The van der Waals surface area contributed by atoms with Gasteiger partial charge in [-0.15, -0.1) is 0 Å². The molecule has 4 heteroatoms. The predicted molar refractivity (Wildman–Crippen MR) is 81.2 cm³/mol. The van der Waals surface area contributed by atoms with Gasteiger partial charge in [-0.1, -0.05) is 53.9 Å². The summed E-state index contributed by atoms with van der Waals surface area (Å²) in [6, 6.07) is -0.631. The van der Waals surface area contributed by atoms with Crippen molar-refractivity contribution in [1.29, 1.82) is 0 Å². The van der Waals surface area contributed by atoms with Gasteiger partial charge in [0.05, 0.1) is 0 Å². The molecule has 4 nitrogen and oxygen atoms in total. The van der Waals surface area contributed by atoms with Crippen molar-refractivity contribution in [2.45, 2.75) is 72.4 Å². The van der Waals surface area contributed by atoms with E-state index in [-0.39, 0.29) is 29.8 Å². The lowest BCUT2D eigenvalue weighted by Crippen LogP contribution is -2.65. The average Bonchev–Trinajstić information content (AvgIpc) is 2.46. The van der Waals surface area contributed by atoms with Crippen molar-refractivity contribution >= 4 is 11.8 Å². The van der Waals surface area contributed by atoms with Gasteiger partial charge in [0.2, 0.25) is 11.8 Å². The normalized spacial score (nSPS) is 25.0. The summed E-state index contributed by atoms with van der Waals surface area (Å²) in [6.07, 6.45) is 3.68. The molecule has 0 aromatic rings. The molecule has 0 spiro atoms. The largest absolute Gasteiger partial charge is 0.342 e. The van der Waals surface area contributed by atoms with E-state index in [9.17, 15) is 9.59 Å². The first-order chi connectivity index (χ1) is 9.49. The summed E-state index contributed by atoms with van der Waals surface area (Å²) in [5, 5.41) is 2.93. The number of piperazine rings is 1. The second kappa shape index (κ2) is 7.65. The molecule has 20 heavy (non-hydrogen) atoms. The fourth-order valence-electron chi connectivity index (χ4n) is 2.85. The van der Waals surface area contributed by atoms with E-state index in [1.54, 1.807) is 0 Å². The number of nitrogens with one attached hydrogen (secondary N) is 1. The van der Waals surface area contributed by atoms with Crippen LogP contribution in [0.5, 0.6) is 0 Å². The van der Waals surface area contributed by atoms with Crippen LogP contribution in [0, 0.1) is 11.8 Å². The van der Waals surface area contributed by atoms with Crippen LogP contribution in [0.2, 0.25) is 0 Å². The third-order valence-electron chi connectivity index (χ3n) is 4.74. The third-order valence-corrected chi connectivity index (χ3v) is 4.74. The smallest absolute Gasteiger partial charge is 0.246 e. The monoisotopic (exact) mass is 282 g/mol. The molecule has 1 N–H and O–H groups in total. The Bertz CT molecular complexity index is 339. The Morgan fingerprint density at radius 1 is 1.10 bits per heavy atom. The number of hydrogen-bond acceptors (Lipinski definition) is 2. The summed E-state index contributed by atoms with van der Waals surface area (Å²) in [7, 11) is 0. The Morgan fingerprint density at radius 3 is 2.15 bits per heavy atom. The molecular formula is C16H30N2O2. The highest BCUT2D eigenvalue weighted by atomic mass is 16.2. The topological polar surface area (TPSA) is 49.4 Å². The van der Waals surface area contributed by atoms with Crippen molar-refractivity contribution in [3.8, 4) is 0 Å². The van der Waals surface area contributed by atoms with Crippen molar-refractivity contribution in [2.75, 3.05) is 6.54 Å². The summed E-state index contributed by atoms with van der Waals surface area (Å²) < 4.78 is 0. The summed E-state index contributed by atoms with van der Waals surface area (Å²) in [5.41, 5.74) is 0. The third kappa shape index (κ3) is 3.53. The Kier molecular flexibility index (Phi) is 6.50. The predicted octanol–water partition coefficient (Wildman–Crippen LogP) is 2.57. The Morgan fingerprint density at radius 2 is 1.70 bits per heavy atom. The summed E-state index contributed by atoms with van der Waals surface area (Å²) in [6.45, 7) is 11.1. The lowest BCUT2D eigenvalue weighted by Gasteiger charge is -2.41. The lowest BCUT2D eigenvalue weighted by atomic mass is 9.92. The van der Waals surface area contributed by atoms with Crippen molar-refractivity contribution in [3.05, 3.63) is 0 Å². The van der Waals surface area contributed by atoms with Crippen LogP contribution < -0.4 is 5.32 Å². The van der Waals surface area contributed by atoms with Gasteiger partial charge in [0.1, 0.15) is 12.1 Å². The van der Waals surface area contributed by atoms with E-state index in [0.717, 1.165) is 19.3 Å². The van der Waals surface area contributed by atoms with Crippen LogP contribution in [0.1, 0.15) is 60.3 Å². The zero-order chi connectivity index (χ0) is 15.3. The molecule has 1 heterocycles. The van der Waals surface area contributed by atoms with E-state index in [1.807, 2.05) is 18.7 Å². The minimum absolute atomic E-state index is 0.0170. The zero-order valence-electron chi connectivity index (χ0n) is 13.6. The quantitative estimate of drug-likeness (QED) is 0.780. The molecule has 3 unspecified atom stereocenters. The van der Waals surface area contributed by atoms with Gasteiger partial charge in [-0.25, -0.2) is 0 Å². The van der Waals surface area contributed by atoms with Gasteiger partial charge in [0, 0.05) is 6.54 Å². The van der Waals surface area contributed by atoms with E-state index >= 15 is 0 Å². The molecule has 3 atom stereocenters. The number of rotatable bonds is 7.